The molecule has 0 aromatic heterocycles. The van der Waals surface area contributed by atoms with Gasteiger partial charge < -0.3 is 4.52 Å². The van der Waals surface area contributed by atoms with Crippen LogP contribution in [0.4, 0.5) is 0 Å². The highest BCUT2D eigenvalue weighted by Gasteiger charge is 2.45. The molecule has 4 aliphatic rings. The van der Waals surface area contributed by atoms with Gasteiger partial charge in [-0.25, -0.2) is 4.57 Å². The third-order valence-corrected chi connectivity index (χ3v) is 8.09. The minimum absolute atomic E-state index is 0.112. The summed E-state index contributed by atoms with van der Waals surface area (Å²) in [5, 5.41) is 0. The first kappa shape index (κ1) is 19.6. The van der Waals surface area contributed by atoms with Crippen LogP contribution in [-0.2, 0) is 28.4 Å². The Labute approximate surface area is 173 Å². The van der Waals surface area contributed by atoms with Gasteiger partial charge in [-0.1, -0.05) is 26.0 Å². The van der Waals surface area contributed by atoms with Gasteiger partial charge in [0.2, 0.25) is 0 Å². The molecule has 3 aliphatic carbocycles. The van der Waals surface area contributed by atoms with E-state index in [2.05, 4.69) is 26.0 Å². The molecule has 3 atom stereocenters. The molecule has 0 amide bonds. The zero-order valence-corrected chi connectivity index (χ0v) is 18.4. The molecular weight excluding hydrogens is 383 g/mol. The summed E-state index contributed by atoms with van der Waals surface area (Å²) in [6.07, 6.45) is 12.6. The van der Waals surface area contributed by atoms with Gasteiger partial charge in [-0.15, -0.1) is 0 Å². The fourth-order valence-corrected chi connectivity index (χ4v) is 6.82. The zero-order valence-electron chi connectivity index (χ0n) is 17.5. The number of hydrogen-bond donors (Lipinski definition) is 1. The molecular formula is C24H31O4P. The van der Waals surface area contributed by atoms with Crippen molar-refractivity contribution in [1.29, 1.82) is 0 Å². The van der Waals surface area contributed by atoms with E-state index >= 15 is 0 Å². The molecule has 1 fully saturated rings. The highest BCUT2D eigenvalue weighted by atomic mass is 31.2. The normalized spacial score (nSPS) is 30.9. The Morgan fingerprint density at radius 2 is 1.86 bits per heavy atom. The van der Waals surface area contributed by atoms with Crippen molar-refractivity contribution in [1.82, 2.24) is 0 Å². The van der Waals surface area contributed by atoms with E-state index in [1.54, 1.807) is 0 Å². The van der Waals surface area contributed by atoms with Gasteiger partial charge in [0.05, 0.1) is 0 Å². The van der Waals surface area contributed by atoms with Gasteiger partial charge >= 0.3 is 7.82 Å². The molecule has 0 radical (unpaired) electrons. The van der Waals surface area contributed by atoms with Crippen molar-refractivity contribution >= 4 is 13.4 Å². The van der Waals surface area contributed by atoms with Crippen molar-refractivity contribution < 1.29 is 18.5 Å². The number of hydrogen-bond acceptors (Lipinski definition) is 3. The first-order valence-electron chi connectivity index (χ1n) is 11.3. The Bertz CT molecular complexity index is 958. The lowest BCUT2D eigenvalue weighted by Gasteiger charge is -2.36. The molecule has 0 spiro atoms. The average Bonchev–Trinajstić information content (AvgIpc) is 2.85. The lowest BCUT2D eigenvalue weighted by atomic mass is 9.71. The lowest BCUT2D eigenvalue weighted by Crippen LogP contribution is -2.29. The van der Waals surface area contributed by atoms with Crippen molar-refractivity contribution in [3.05, 3.63) is 45.5 Å². The fourth-order valence-electron chi connectivity index (χ4n) is 5.79. The predicted molar refractivity (Wildman–Crippen MR) is 115 cm³/mol. The summed E-state index contributed by atoms with van der Waals surface area (Å²) in [5.74, 6) is 0.729. The molecule has 5 rings (SSSR count). The Balaban J connectivity index is 1.85. The molecule has 4 nitrogen and oxygen atoms in total. The summed E-state index contributed by atoms with van der Waals surface area (Å²) < 4.78 is 24.7. The Morgan fingerprint density at radius 3 is 2.66 bits per heavy atom. The molecule has 0 bridgehead atoms. The molecule has 1 heterocycles. The fraction of sp³-hybridized carbons (Fsp3) is 0.583. The predicted octanol–water partition coefficient (Wildman–Crippen LogP) is 6.30. The number of fused-ring (bicyclic) bond motifs is 6. The second kappa shape index (κ2) is 7.41. The monoisotopic (exact) mass is 414 g/mol. The van der Waals surface area contributed by atoms with Gasteiger partial charge in [0.1, 0.15) is 11.9 Å². The standard InChI is InChI=1S/C24H31O4P/c1-3-15-13-17-9-5-7-11-19(17)21-22-20-12-8-6-10-18(20)14-16(4-2)24(22)28-29(25,26)27-23(15)21/h13-15,23H,3-12H2,1-2H3,(H,25,26)/t15?,23-/m1/s1. The highest BCUT2D eigenvalue weighted by molar-refractivity contribution is 7.47. The molecule has 5 heteroatoms. The summed E-state index contributed by atoms with van der Waals surface area (Å²) in [6.45, 7) is 4.24. The maximum Gasteiger partial charge on any atom is 0.528 e. The van der Waals surface area contributed by atoms with Crippen LogP contribution in [0, 0.1) is 5.92 Å². The minimum Gasteiger partial charge on any atom is -0.403 e. The van der Waals surface area contributed by atoms with Gasteiger partial charge in [0, 0.05) is 11.5 Å². The molecule has 1 aromatic rings. The minimum atomic E-state index is -4.19. The van der Waals surface area contributed by atoms with E-state index in [9.17, 15) is 9.46 Å². The van der Waals surface area contributed by atoms with E-state index in [1.165, 1.54) is 47.1 Å². The number of rotatable bonds is 2. The van der Waals surface area contributed by atoms with Gasteiger partial charge in [-0.2, -0.15) is 0 Å². The number of phosphoric acid groups is 1. The van der Waals surface area contributed by atoms with Crippen LogP contribution in [0.2, 0.25) is 0 Å². The lowest BCUT2D eigenvalue weighted by molar-refractivity contribution is 0.146. The zero-order chi connectivity index (χ0) is 20.2. The topological polar surface area (TPSA) is 55.8 Å². The van der Waals surface area contributed by atoms with Crippen LogP contribution >= 0.6 is 7.82 Å². The first-order chi connectivity index (χ1) is 14.0. The highest BCUT2D eigenvalue weighted by Crippen LogP contribution is 2.59. The molecule has 29 heavy (non-hydrogen) atoms. The molecule has 1 aromatic carbocycles. The number of phosphoric ester groups is 1. The van der Waals surface area contributed by atoms with Gasteiger partial charge in [0.25, 0.3) is 0 Å². The van der Waals surface area contributed by atoms with Gasteiger partial charge in [-0.3, -0.25) is 9.42 Å². The number of allylic oxidation sites excluding steroid dienone is 2. The van der Waals surface area contributed by atoms with Crippen LogP contribution in [0.15, 0.2) is 23.3 Å². The van der Waals surface area contributed by atoms with Crippen LogP contribution in [-0.4, -0.2) is 11.0 Å². The molecule has 156 valence electrons. The molecule has 1 N–H and O–H groups in total. The van der Waals surface area contributed by atoms with Crippen molar-refractivity contribution in [2.75, 3.05) is 0 Å². The summed E-state index contributed by atoms with van der Waals surface area (Å²) in [6, 6.07) is 2.22. The van der Waals surface area contributed by atoms with Crippen LogP contribution in [0.1, 0.15) is 81.0 Å². The summed E-state index contributed by atoms with van der Waals surface area (Å²) in [5.41, 5.74) is 8.84. The third kappa shape index (κ3) is 3.24. The van der Waals surface area contributed by atoms with E-state index in [0.717, 1.165) is 56.1 Å². The van der Waals surface area contributed by atoms with E-state index in [4.69, 9.17) is 9.05 Å². The van der Waals surface area contributed by atoms with Crippen LogP contribution in [0.3, 0.4) is 0 Å². The van der Waals surface area contributed by atoms with Crippen molar-refractivity contribution in [2.24, 2.45) is 5.92 Å². The smallest absolute Gasteiger partial charge is 0.403 e. The van der Waals surface area contributed by atoms with E-state index in [0.29, 0.717) is 5.75 Å². The quantitative estimate of drug-likeness (QED) is 0.577. The molecule has 1 saturated carbocycles. The van der Waals surface area contributed by atoms with E-state index in [1.807, 2.05) is 0 Å². The van der Waals surface area contributed by atoms with Crippen LogP contribution < -0.4 is 4.52 Å². The molecule has 1 aliphatic heterocycles. The average molecular weight is 414 g/mol. The van der Waals surface area contributed by atoms with Crippen molar-refractivity contribution in [3.8, 4) is 5.75 Å². The number of benzene rings is 1. The van der Waals surface area contributed by atoms with Crippen LogP contribution in [0.5, 0.6) is 5.75 Å². The van der Waals surface area contributed by atoms with Gasteiger partial charge in [-0.05, 0) is 97.6 Å². The molecule has 2 unspecified atom stereocenters. The SMILES string of the molecule is CCc1cc2c(c3c1OP(=O)(O)O[C@H]1C3=C3CCCCC3=CC1CC)CCCC2. The van der Waals surface area contributed by atoms with Gasteiger partial charge in [0.15, 0.2) is 0 Å². The summed E-state index contributed by atoms with van der Waals surface area (Å²) in [4.78, 5) is 10.6. The Hall–Kier alpha value is -1.35. The first-order valence-corrected chi connectivity index (χ1v) is 12.8. The van der Waals surface area contributed by atoms with Crippen molar-refractivity contribution in [3.63, 3.8) is 0 Å². The second-order valence-electron chi connectivity index (χ2n) is 8.89. The van der Waals surface area contributed by atoms with E-state index in [-0.39, 0.29) is 5.92 Å². The third-order valence-electron chi connectivity index (χ3n) is 7.18. The number of aryl methyl sites for hydroxylation is 2. The molecule has 0 saturated heterocycles. The maximum atomic E-state index is 13.0. The maximum absolute atomic E-state index is 13.0. The van der Waals surface area contributed by atoms with E-state index < -0.39 is 13.9 Å². The Morgan fingerprint density at radius 1 is 1.10 bits per heavy atom. The largest absolute Gasteiger partial charge is 0.528 e. The summed E-state index contributed by atoms with van der Waals surface area (Å²) in [7, 11) is -4.19. The second-order valence-corrected chi connectivity index (χ2v) is 10.2. The van der Waals surface area contributed by atoms with Crippen molar-refractivity contribution in [2.45, 2.75) is 84.2 Å². The summed E-state index contributed by atoms with van der Waals surface area (Å²) >= 11 is 0. The Kier molecular flexibility index (Phi) is 5.01. The van der Waals surface area contributed by atoms with Crippen LogP contribution in [0.25, 0.3) is 5.57 Å².